The van der Waals surface area contributed by atoms with E-state index >= 15 is 0 Å². The third kappa shape index (κ3) is 6.40. The molecule has 0 aromatic heterocycles. The maximum absolute atomic E-state index is 12.7. The molecule has 1 N–H and O–H groups in total. The van der Waals surface area contributed by atoms with Crippen molar-refractivity contribution in [3.63, 3.8) is 0 Å². The van der Waals surface area contributed by atoms with Crippen molar-refractivity contribution >= 4 is 40.0 Å². The minimum Gasteiger partial charge on any atom is -0.497 e. The van der Waals surface area contributed by atoms with Crippen molar-refractivity contribution in [2.24, 2.45) is 0 Å². The van der Waals surface area contributed by atoms with Crippen LogP contribution in [0.4, 0.5) is 5.69 Å². The maximum Gasteiger partial charge on any atom is 0.266 e. The molecular weight excluding hydrogens is 488 g/mol. The van der Waals surface area contributed by atoms with Crippen LogP contribution in [0, 0.1) is 11.3 Å². The summed E-state index contributed by atoms with van der Waals surface area (Å²) in [6.07, 6.45) is 1.46. The van der Waals surface area contributed by atoms with Crippen molar-refractivity contribution in [2.75, 3.05) is 19.0 Å². The smallest absolute Gasteiger partial charge is 0.266 e. The zero-order chi connectivity index (χ0) is 26.2. The van der Waals surface area contributed by atoms with E-state index in [1.54, 1.807) is 43.5 Å². The predicted octanol–water partition coefficient (Wildman–Crippen LogP) is 7.03. The third-order valence-electron chi connectivity index (χ3n) is 5.55. The summed E-state index contributed by atoms with van der Waals surface area (Å²) in [5.41, 5.74) is 1.98. The summed E-state index contributed by atoms with van der Waals surface area (Å²) >= 11 is 6.57. The largest absolute Gasteiger partial charge is 0.497 e. The van der Waals surface area contributed by atoms with Gasteiger partial charge in [0.05, 0.1) is 18.7 Å². The van der Waals surface area contributed by atoms with Gasteiger partial charge in [0.25, 0.3) is 5.91 Å². The molecule has 0 aliphatic carbocycles. The second kappa shape index (κ2) is 12.0. The van der Waals surface area contributed by atoms with Crippen LogP contribution in [0.2, 0.25) is 5.02 Å². The maximum atomic E-state index is 12.7. The van der Waals surface area contributed by atoms with Gasteiger partial charge in [-0.05, 0) is 77.4 Å². The lowest BCUT2D eigenvalue weighted by molar-refractivity contribution is -0.112. The average Bonchev–Trinajstić information content (AvgIpc) is 2.91. The van der Waals surface area contributed by atoms with Gasteiger partial charge in [-0.1, -0.05) is 48.0 Å². The molecule has 4 rings (SSSR count). The normalized spacial score (nSPS) is 11.0. The number of nitrogens with one attached hydrogen (secondary N) is 1. The number of nitriles is 1. The van der Waals surface area contributed by atoms with Gasteiger partial charge in [0.2, 0.25) is 0 Å². The first-order chi connectivity index (χ1) is 18.0. The Kier molecular flexibility index (Phi) is 8.29. The Hall–Kier alpha value is -4.47. The Morgan fingerprint density at radius 2 is 1.76 bits per heavy atom. The summed E-state index contributed by atoms with van der Waals surface area (Å²) in [6.45, 7) is 2.54. The van der Waals surface area contributed by atoms with Crippen molar-refractivity contribution in [3.8, 4) is 23.3 Å². The Labute approximate surface area is 220 Å². The Morgan fingerprint density at radius 3 is 2.46 bits per heavy atom. The average molecular weight is 513 g/mol. The quantitative estimate of drug-likeness (QED) is 0.192. The molecule has 0 heterocycles. The van der Waals surface area contributed by atoms with Gasteiger partial charge >= 0.3 is 0 Å². The summed E-state index contributed by atoms with van der Waals surface area (Å²) in [5.74, 6) is 0.943. The van der Waals surface area contributed by atoms with Crippen LogP contribution in [-0.2, 0) is 11.4 Å². The zero-order valence-corrected chi connectivity index (χ0v) is 21.2. The standard InChI is InChI=1S/C30H25ClN2O4/c1-3-36-28-17-21(15-24(18-32)30(34)33-25-10-12-26(35-2)13-11-25)16-27(31)29(28)37-19-20-8-9-22-6-4-5-7-23(22)14-20/h4-17H,3,19H2,1-2H3,(H,33,34)/b24-15+. The van der Waals surface area contributed by atoms with E-state index in [-0.39, 0.29) is 5.57 Å². The first-order valence-corrected chi connectivity index (χ1v) is 12.0. The highest BCUT2D eigenvalue weighted by atomic mass is 35.5. The van der Waals surface area contributed by atoms with Gasteiger partial charge in [-0.25, -0.2) is 0 Å². The van der Waals surface area contributed by atoms with E-state index < -0.39 is 5.91 Å². The molecule has 0 radical (unpaired) electrons. The summed E-state index contributed by atoms with van der Waals surface area (Å²) in [6, 6.07) is 26.3. The number of benzene rings is 4. The topological polar surface area (TPSA) is 80.6 Å². The molecule has 0 bridgehead atoms. The molecule has 0 atom stereocenters. The number of rotatable bonds is 9. The van der Waals surface area contributed by atoms with Crippen LogP contribution in [0.25, 0.3) is 16.8 Å². The van der Waals surface area contributed by atoms with Crippen molar-refractivity contribution in [1.82, 2.24) is 0 Å². The number of halogens is 1. The molecule has 1 amide bonds. The Morgan fingerprint density at radius 1 is 1.00 bits per heavy atom. The zero-order valence-electron chi connectivity index (χ0n) is 20.5. The van der Waals surface area contributed by atoms with E-state index in [0.29, 0.717) is 46.7 Å². The van der Waals surface area contributed by atoms with E-state index in [1.165, 1.54) is 6.08 Å². The predicted molar refractivity (Wildman–Crippen MR) is 146 cm³/mol. The molecule has 7 heteroatoms. The number of ether oxygens (including phenoxy) is 3. The first-order valence-electron chi connectivity index (χ1n) is 11.6. The molecule has 0 unspecified atom stereocenters. The van der Waals surface area contributed by atoms with Gasteiger partial charge in [0.15, 0.2) is 11.5 Å². The molecule has 0 aliphatic rings. The SMILES string of the molecule is CCOc1cc(/C=C(\C#N)C(=O)Nc2ccc(OC)cc2)cc(Cl)c1OCc1ccc2ccccc2c1. The van der Waals surface area contributed by atoms with Gasteiger partial charge in [-0.2, -0.15) is 5.26 Å². The highest BCUT2D eigenvalue weighted by molar-refractivity contribution is 6.32. The van der Waals surface area contributed by atoms with Crippen molar-refractivity contribution in [2.45, 2.75) is 13.5 Å². The second-order valence-corrected chi connectivity index (χ2v) is 8.49. The number of carbonyl (C=O) groups excluding carboxylic acids is 1. The molecule has 4 aromatic rings. The molecule has 0 spiro atoms. The molecule has 0 fully saturated rings. The lowest BCUT2D eigenvalue weighted by atomic mass is 10.1. The number of amides is 1. The fraction of sp³-hybridized carbons (Fsp3) is 0.133. The minimum atomic E-state index is -0.543. The van der Waals surface area contributed by atoms with E-state index in [2.05, 4.69) is 23.5 Å². The van der Waals surface area contributed by atoms with Gasteiger partial charge in [-0.15, -0.1) is 0 Å². The number of anilines is 1. The van der Waals surface area contributed by atoms with Crippen LogP contribution in [-0.4, -0.2) is 19.6 Å². The highest BCUT2D eigenvalue weighted by Crippen LogP contribution is 2.38. The van der Waals surface area contributed by atoms with Gasteiger partial charge in [-0.3, -0.25) is 4.79 Å². The summed E-state index contributed by atoms with van der Waals surface area (Å²) < 4.78 is 17.0. The fourth-order valence-electron chi connectivity index (χ4n) is 3.75. The van der Waals surface area contributed by atoms with Gasteiger partial charge in [0, 0.05) is 5.69 Å². The van der Waals surface area contributed by atoms with E-state index in [9.17, 15) is 10.1 Å². The van der Waals surface area contributed by atoms with E-state index in [1.807, 2.05) is 37.3 Å². The molecular formula is C30H25ClN2O4. The highest BCUT2D eigenvalue weighted by Gasteiger charge is 2.15. The lowest BCUT2D eigenvalue weighted by Crippen LogP contribution is -2.13. The van der Waals surface area contributed by atoms with Crippen molar-refractivity contribution in [3.05, 3.63) is 101 Å². The summed E-state index contributed by atoms with van der Waals surface area (Å²) in [4.78, 5) is 12.7. The van der Waals surface area contributed by atoms with Crippen LogP contribution in [0.15, 0.2) is 84.4 Å². The van der Waals surface area contributed by atoms with Gasteiger partial charge in [0.1, 0.15) is 24.0 Å². The number of methoxy groups -OCH3 is 1. The molecule has 0 aliphatic heterocycles. The number of nitrogens with zero attached hydrogens (tertiary/aromatic N) is 1. The third-order valence-corrected chi connectivity index (χ3v) is 5.83. The van der Waals surface area contributed by atoms with Crippen molar-refractivity contribution < 1.29 is 19.0 Å². The van der Waals surface area contributed by atoms with Gasteiger partial charge < -0.3 is 19.5 Å². The molecule has 37 heavy (non-hydrogen) atoms. The minimum absolute atomic E-state index is 0.0841. The molecule has 4 aromatic carbocycles. The Balaban J connectivity index is 1.54. The van der Waals surface area contributed by atoms with Crippen LogP contribution in [0.3, 0.4) is 0 Å². The number of fused-ring (bicyclic) bond motifs is 1. The molecule has 6 nitrogen and oxygen atoms in total. The van der Waals surface area contributed by atoms with Crippen LogP contribution >= 0.6 is 11.6 Å². The summed E-state index contributed by atoms with van der Waals surface area (Å²) in [5, 5.41) is 14.9. The first kappa shape index (κ1) is 25.6. The van der Waals surface area contributed by atoms with Crippen LogP contribution in [0.1, 0.15) is 18.1 Å². The van der Waals surface area contributed by atoms with Crippen molar-refractivity contribution in [1.29, 1.82) is 5.26 Å². The van der Waals surface area contributed by atoms with Crippen LogP contribution < -0.4 is 19.5 Å². The monoisotopic (exact) mass is 512 g/mol. The molecule has 0 saturated carbocycles. The molecule has 186 valence electrons. The number of hydrogen-bond acceptors (Lipinski definition) is 5. The molecule has 0 saturated heterocycles. The van der Waals surface area contributed by atoms with E-state index in [0.717, 1.165) is 16.3 Å². The number of hydrogen-bond donors (Lipinski definition) is 1. The van der Waals surface area contributed by atoms with Crippen LogP contribution in [0.5, 0.6) is 17.2 Å². The fourth-order valence-corrected chi connectivity index (χ4v) is 4.02. The Bertz CT molecular complexity index is 1490. The number of carbonyl (C=O) groups is 1. The summed E-state index contributed by atoms with van der Waals surface area (Å²) in [7, 11) is 1.56. The lowest BCUT2D eigenvalue weighted by Gasteiger charge is -2.15. The van der Waals surface area contributed by atoms with E-state index in [4.69, 9.17) is 25.8 Å². The second-order valence-electron chi connectivity index (χ2n) is 8.09.